The normalized spacial score (nSPS) is 7.90. The Morgan fingerprint density at radius 2 is 1.14 bits per heavy atom. The molecule has 0 aromatic carbocycles. The molecular weight excluding hydrogens is 300 g/mol. The molecule has 2 aromatic rings. The Morgan fingerprint density at radius 3 is 1.19 bits per heavy atom. The number of rotatable bonds is 2. The zero-order valence-electron chi connectivity index (χ0n) is 13.9. The summed E-state index contributed by atoms with van der Waals surface area (Å²) in [5.74, 6) is 0. The summed E-state index contributed by atoms with van der Waals surface area (Å²) in [6, 6.07) is 3.72. The van der Waals surface area contributed by atoms with Crippen molar-refractivity contribution in [1.29, 1.82) is 0 Å². The average molecular weight is 326 g/mol. The molecule has 0 atom stereocenters. The Balaban J connectivity index is -0.000000208. The van der Waals surface area contributed by atoms with Gasteiger partial charge in [-0.25, -0.2) is 0 Å². The van der Waals surface area contributed by atoms with Gasteiger partial charge in [0.25, 0.3) is 0 Å². The van der Waals surface area contributed by atoms with Gasteiger partial charge in [0, 0.05) is 11.4 Å². The van der Waals surface area contributed by atoms with Crippen LogP contribution in [0.2, 0.25) is 0 Å². The van der Waals surface area contributed by atoms with Crippen molar-refractivity contribution in [3.8, 4) is 0 Å². The van der Waals surface area contributed by atoms with Crippen LogP contribution in [-0.4, -0.2) is 37.4 Å². The average Bonchev–Trinajstić information content (AvgIpc) is 3.13. The van der Waals surface area contributed by atoms with E-state index in [1.807, 2.05) is 39.8 Å². The minimum atomic E-state index is 0. The molecule has 0 aliphatic rings. The van der Waals surface area contributed by atoms with Crippen LogP contribution in [0.4, 0.5) is 0 Å². The maximum atomic E-state index is 3.74. The van der Waals surface area contributed by atoms with Crippen LogP contribution in [0.15, 0.2) is 24.5 Å². The van der Waals surface area contributed by atoms with E-state index in [0.29, 0.717) is 0 Å². The fraction of sp³-hybridized carbons (Fsp3) is 0.571. The Hall–Kier alpha value is -0.946. The summed E-state index contributed by atoms with van der Waals surface area (Å²) in [7, 11) is 3.61. The first-order valence-electron chi connectivity index (χ1n) is 6.55. The molecule has 0 amide bonds. The van der Waals surface area contributed by atoms with E-state index >= 15 is 0 Å². The largest absolute Gasteiger partial charge is 4.00 e. The van der Waals surface area contributed by atoms with Crippen molar-refractivity contribution in [1.82, 2.24) is 20.4 Å². The number of hydrogen-bond acceptors (Lipinski definition) is 2. The molecular formula is C14H26N6Ti. The van der Waals surface area contributed by atoms with Gasteiger partial charge in [-0.2, -0.15) is 39.6 Å². The molecule has 2 rings (SSSR count). The summed E-state index contributed by atoms with van der Waals surface area (Å²) in [5.41, 5.74) is 1.96. The van der Waals surface area contributed by atoms with Crippen LogP contribution in [0.1, 0.15) is 25.2 Å². The first kappa shape index (κ1) is 25.0. The Bertz CT molecular complexity index is 307. The van der Waals surface area contributed by atoms with Crippen molar-refractivity contribution < 1.29 is 21.7 Å². The van der Waals surface area contributed by atoms with Crippen molar-refractivity contribution in [2.45, 2.75) is 27.7 Å². The van der Waals surface area contributed by atoms with E-state index in [1.54, 1.807) is 26.5 Å². The second kappa shape index (κ2) is 21.4. The molecule has 21 heavy (non-hydrogen) atoms. The molecule has 116 valence electrons. The van der Waals surface area contributed by atoms with E-state index in [1.165, 1.54) is 0 Å². The maximum Gasteiger partial charge on any atom is 4.00 e. The third kappa shape index (κ3) is 24.5. The summed E-state index contributed by atoms with van der Waals surface area (Å²) in [6.45, 7) is 9.74. The van der Waals surface area contributed by atoms with E-state index in [9.17, 15) is 0 Å². The van der Waals surface area contributed by atoms with Crippen molar-refractivity contribution in [3.63, 3.8) is 0 Å². The summed E-state index contributed by atoms with van der Waals surface area (Å²) in [6.07, 6.45) is 3.35. The smallest absolute Gasteiger partial charge is 0.665 e. The molecule has 7 heteroatoms. The topological polar surface area (TPSA) is 82.2 Å². The molecule has 2 aromatic heterocycles. The maximum absolute atomic E-state index is 3.74. The van der Waals surface area contributed by atoms with Gasteiger partial charge in [0.2, 0.25) is 0 Å². The van der Waals surface area contributed by atoms with Crippen molar-refractivity contribution in [2.24, 2.45) is 0 Å². The van der Waals surface area contributed by atoms with Gasteiger partial charge < -0.3 is 31.0 Å². The second-order valence-electron chi connectivity index (χ2n) is 3.61. The van der Waals surface area contributed by atoms with Crippen LogP contribution < -0.4 is 10.2 Å². The van der Waals surface area contributed by atoms with Gasteiger partial charge >= 0.3 is 21.7 Å². The van der Waals surface area contributed by atoms with Crippen molar-refractivity contribution >= 4 is 0 Å². The van der Waals surface area contributed by atoms with Crippen LogP contribution in [0.3, 0.4) is 0 Å². The van der Waals surface area contributed by atoms with E-state index in [0.717, 1.165) is 24.5 Å². The molecule has 0 aliphatic carbocycles. The Labute approximate surface area is 143 Å². The van der Waals surface area contributed by atoms with E-state index < -0.39 is 0 Å². The van der Waals surface area contributed by atoms with Gasteiger partial charge in [-0.15, -0.1) is 0 Å². The second-order valence-corrected chi connectivity index (χ2v) is 3.61. The first-order valence-corrected chi connectivity index (χ1v) is 6.55. The zero-order valence-corrected chi connectivity index (χ0v) is 15.5. The molecule has 2 heterocycles. The fourth-order valence-corrected chi connectivity index (χ4v) is 0.598. The van der Waals surface area contributed by atoms with Gasteiger partial charge in [-0.05, 0) is 13.8 Å². The quantitative estimate of drug-likeness (QED) is 0.795. The number of nitrogens with zero attached hydrogens (tertiary/aromatic N) is 6. The molecule has 0 saturated carbocycles. The predicted octanol–water partition coefficient (Wildman–Crippen LogP) is 2.71. The molecule has 0 fully saturated rings. The Kier molecular flexibility index (Phi) is 25.5. The summed E-state index contributed by atoms with van der Waals surface area (Å²) < 4.78 is 0. The van der Waals surface area contributed by atoms with Gasteiger partial charge in [-0.1, -0.05) is 26.0 Å². The molecule has 0 N–H and O–H groups in total. The molecule has 0 saturated heterocycles. The van der Waals surface area contributed by atoms with Crippen LogP contribution in [-0.2, 0) is 21.7 Å². The van der Waals surface area contributed by atoms with Crippen LogP contribution >= 0.6 is 0 Å². The summed E-state index contributed by atoms with van der Waals surface area (Å²) >= 11 is 0. The third-order valence-electron chi connectivity index (χ3n) is 1.83. The molecule has 0 bridgehead atoms. The Morgan fingerprint density at radius 1 is 0.857 bits per heavy atom. The number of hydrogen-bond donors (Lipinski definition) is 0. The van der Waals surface area contributed by atoms with Crippen LogP contribution in [0.5, 0.6) is 0 Å². The monoisotopic (exact) mass is 326 g/mol. The number of aromatic nitrogens is 4. The molecule has 0 radical (unpaired) electrons. The van der Waals surface area contributed by atoms with Gasteiger partial charge in [-0.3, -0.25) is 0 Å². The number of aryl methyl sites for hydroxylation is 2. The zero-order chi connectivity index (χ0) is 15.6. The molecule has 0 aliphatic heterocycles. The molecule has 0 unspecified atom stereocenters. The van der Waals surface area contributed by atoms with Crippen molar-refractivity contribution in [3.05, 3.63) is 46.5 Å². The van der Waals surface area contributed by atoms with E-state index in [-0.39, 0.29) is 21.7 Å². The SMILES string of the molecule is CC[N-]C.CC[N-]C.Cc1cc[n-]n1.Cc1cc[n-]n1.[Ti+4]. The standard InChI is InChI=1S/2C4H5N2.2C3H8N.Ti/c2*1-4-2-3-5-6-4;2*1-3-4-2;/h2*2-3H,1H3;2*3H2,1-2H3;/q4*-1;+4. The molecule has 6 nitrogen and oxygen atoms in total. The first-order chi connectivity index (χ1) is 9.62. The van der Waals surface area contributed by atoms with Crippen LogP contribution in [0, 0.1) is 13.8 Å². The minimum absolute atomic E-state index is 0. The van der Waals surface area contributed by atoms with Gasteiger partial charge in [0.1, 0.15) is 0 Å². The third-order valence-corrected chi connectivity index (χ3v) is 1.83. The van der Waals surface area contributed by atoms with Crippen molar-refractivity contribution in [2.75, 3.05) is 27.2 Å². The summed E-state index contributed by atoms with van der Waals surface area (Å²) in [5, 5.41) is 21.9. The summed E-state index contributed by atoms with van der Waals surface area (Å²) in [4.78, 5) is 0. The van der Waals surface area contributed by atoms with E-state index in [4.69, 9.17) is 0 Å². The predicted molar refractivity (Wildman–Crippen MR) is 84.2 cm³/mol. The molecule has 0 spiro atoms. The minimum Gasteiger partial charge on any atom is -0.665 e. The van der Waals surface area contributed by atoms with E-state index in [2.05, 4.69) is 31.0 Å². The van der Waals surface area contributed by atoms with Gasteiger partial charge in [0.05, 0.1) is 0 Å². The fourth-order valence-electron chi connectivity index (χ4n) is 0.598. The van der Waals surface area contributed by atoms with Crippen LogP contribution in [0.25, 0.3) is 10.6 Å². The van der Waals surface area contributed by atoms with Gasteiger partial charge in [0.15, 0.2) is 0 Å².